The van der Waals surface area contributed by atoms with Crippen LogP contribution in [0, 0.1) is 0 Å². The summed E-state index contributed by atoms with van der Waals surface area (Å²) < 4.78 is 55.4. The SMILES string of the molecule is B[C@@H]1O[C@H](CC(F)P(=O)(OCC)OCC)C(O)C1(C)F. The smallest absolute Gasteiger partial charge is 0.364 e. The van der Waals surface area contributed by atoms with Gasteiger partial charge in [0, 0.05) is 6.42 Å². The minimum absolute atomic E-state index is 0.0308. The lowest BCUT2D eigenvalue weighted by Crippen LogP contribution is -2.41. The molecule has 0 aliphatic carbocycles. The molecule has 9 heteroatoms. The van der Waals surface area contributed by atoms with Gasteiger partial charge in [-0.25, -0.2) is 8.78 Å². The molecule has 5 atom stereocenters. The van der Waals surface area contributed by atoms with Gasteiger partial charge >= 0.3 is 7.60 Å². The van der Waals surface area contributed by atoms with Crippen LogP contribution in [0.15, 0.2) is 0 Å². The molecule has 0 aromatic carbocycles. The van der Waals surface area contributed by atoms with Crippen molar-refractivity contribution in [1.29, 1.82) is 0 Å². The summed E-state index contributed by atoms with van der Waals surface area (Å²) in [6.45, 7) is 4.40. The molecule has 1 heterocycles. The van der Waals surface area contributed by atoms with Gasteiger partial charge in [-0.2, -0.15) is 0 Å². The first-order valence-corrected chi connectivity index (χ1v) is 8.35. The van der Waals surface area contributed by atoms with Crippen molar-refractivity contribution in [2.45, 2.75) is 57.0 Å². The van der Waals surface area contributed by atoms with Crippen LogP contribution in [0.5, 0.6) is 0 Å². The lowest BCUT2D eigenvalue weighted by atomic mass is 9.83. The van der Waals surface area contributed by atoms with Crippen molar-refractivity contribution < 1.29 is 32.2 Å². The molecule has 0 amide bonds. The Balaban J connectivity index is 2.75. The molecular weight excluding hydrogens is 292 g/mol. The van der Waals surface area contributed by atoms with Crippen LogP contribution in [0.2, 0.25) is 0 Å². The predicted octanol–water partition coefficient (Wildman–Crippen LogP) is 1.39. The first-order chi connectivity index (χ1) is 9.19. The Hall–Kier alpha value is -0.00506. The largest absolute Gasteiger partial charge is 0.387 e. The highest BCUT2D eigenvalue weighted by molar-refractivity contribution is 7.54. The number of alkyl halides is 2. The van der Waals surface area contributed by atoms with Gasteiger partial charge in [0.05, 0.1) is 25.3 Å². The van der Waals surface area contributed by atoms with Gasteiger partial charge in [-0.15, -0.1) is 0 Å². The molecule has 3 unspecified atom stereocenters. The molecular formula is C11H22BF2O5P. The molecule has 5 nitrogen and oxygen atoms in total. The molecule has 20 heavy (non-hydrogen) atoms. The Kier molecular flexibility index (Phi) is 6.17. The fourth-order valence-corrected chi connectivity index (χ4v) is 3.72. The molecule has 118 valence electrons. The first-order valence-electron chi connectivity index (χ1n) is 6.74. The van der Waals surface area contributed by atoms with E-state index in [1.54, 1.807) is 13.8 Å². The number of halogens is 2. The van der Waals surface area contributed by atoms with E-state index < -0.39 is 43.8 Å². The minimum Gasteiger partial charge on any atom is -0.387 e. The van der Waals surface area contributed by atoms with Crippen molar-refractivity contribution in [3.8, 4) is 0 Å². The first kappa shape index (κ1) is 18.0. The summed E-state index contributed by atoms with van der Waals surface area (Å²) in [4.78, 5) is 0. The maximum absolute atomic E-state index is 14.2. The standard InChI is InChI=1S/C11H22BF2O5P/c1-4-17-20(16,18-5-2)8(13)6-7-9(15)11(3,14)10(12)19-7/h7-10,15H,4-6,12H2,1-3H3/t7-,8?,9?,10-,11?/m1/s1. The van der Waals surface area contributed by atoms with Gasteiger partial charge < -0.3 is 18.9 Å². The average Bonchev–Trinajstić information content (AvgIpc) is 2.54. The second-order valence-corrected chi connectivity index (χ2v) is 7.11. The summed E-state index contributed by atoms with van der Waals surface area (Å²) in [6.07, 6.45) is -3.00. The van der Waals surface area contributed by atoms with Crippen LogP contribution in [0.25, 0.3) is 0 Å². The summed E-state index contributed by atoms with van der Waals surface area (Å²) >= 11 is 0. The van der Waals surface area contributed by atoms with Gasteiger partial charge in [0.1, 0.15) is 14.0 Å². The number of hydrogen-bond acceptors (Lipinski definition) is 5. The maximum atomic E-state index is 14.2. The molecule has 1 fully saturated rings. The van der Waals surface area contributed by atoms with Crippen molar-refractivity contribution in [2.24, 2.45) is 0 Å². The molecule has 1 saturated heterocycles. The monoisotopic (exact) mass is 314 g/mol. The van der Waals surface area contributed by atoms with Gasteiger partial charge in [0.15, 0.2) is 5.67 Å². The van der Waals surface area contributed by atoms with Gasteiger partial charge in [0.25, 0.3) is 0 Å². The van der Waals surface area contributed by atoms with E-state index in [1.165, 1.54) is 14.8 Å². The molecule has 1 aliphatic heterocycles. The number of hydrogen-bond donors (Lipinski definition) is 1. The Morgan fingerprint density at radius 1 is 1.45 bits per heavy atom. The van der Waals surface area contributed by atoms with Crippen LogP contribution in [-0.2, 0) is 18.3 Å². The quantitative estimate of drug-likeness (QED) is 0.568. The lowest BCUT2D eigenvalue weighted by molar-refractivity contribution is 0.00538. The fourth-order valence-electron chi connectivity index (χ4n) is 2.14. The Morgan fingerprint density at radius 3 is 2.30 bits per heavy atom. The van der Waals surface area contributed by atoms with Crippen molar-refractivity contribution in [1.82, 2.24) is 0 Å². The van der Waals surface area contributed by atoms with Gasteiger partial charge in [0.2, 0.25) is 5.91 Å². The van der Waals surface area contributed by atoms with Crippen molar-refractivity contribution in [3.63, 3.8) is 0 Å². The summed E-state index contributed by atoms with van der Waals surface area (Å²) in [5.74, 6) is -1.97. The van der Waals surface area contributed by atoms with Crippen LogP contribution in [-0.4, -0.2) is 56.0 Å². The molecule has 0 saturated carbocycles. The Labute approximate surface area is 118 Å². The Morgan fingerprint density at radius 2 is 1.95 bits per heavy atom. The zero-order chi connectivity index (χ0) is 15.6. The van der Waals surface area contributed by atoms with Crippen molar-refractivity contribution in [3.05, 3.63) is 0 Å². The number of rotatable bonds is 7. The molecule has 0 spiro atoms. The number of ether oxygens (including phenoxy) is 1. The zero-order valence-corrected chi connectivity index (χ0v) is 13.1. The van der Waals surface area contributed by atoms with E-state index in [0.717, 1.165) is 0 Å². The molecule has 0 radical (unpaired) electrons. The highest BCUT2D eigenvalue weighted by Gasteiger charge is 2.53. The molecule has 1 aliphatic rings. The van der Waals surface area contributed by atoms with Crippen LogP contribution in [0.1, 0.15) is 27.2 Å². The van der Waals surface area contributed by atoms with E-state index >= 15 is 0 Å². The highest BCUT2D eigenvalue weighted by Crippen LogP contribution is 2.56. The third-order valence-electron chi connectivity index (χ3n) is 3.49. The van der Waals surface area contributed by atoms with E-state index in [-0.39, 0.29) is 13.2 Å². The molecule has 1 N–H and O–H groups in total. The normalized spacial score (nSPS) is 36.2. The summed E-state index contributed by atoms with van der Waals surface area (Å²) in [6, 6.07) is -0.867. The molecule has 0 aromatic heterocycles. The predicted molar refractivity (Wildman–Crippen MR) is 73.1 cm³/mol. The molecule has 1 rings (SSSR count). The summed E-state index contributed by atoms with van der Waals surface area (Å²) in [7, 11) is -2.47. The molecule has 0 bridgehead atoms. The minimum atomic E-state index is -3.93. The molecule has 0 aromatic rings. The third-order valence-corrected chi connectivity index (χ3v) is 5.63. The van der Waals surface area contributed by atoms with Crippen LogP contribution >= 0.6 is 7.60 Å². The summed E-state index contributed by atoms with van der Waals surface area (Å²) in [5, 5.41) is 9.82. The van der Waals surface area contributed by atoms with E-state index in [4.69, 9.17) is 13.8 Å². The second kappa shape index (κ2) is 6.84. The number of aliphatic hydroxyl groups excluding tert-OH is 1. The van der Waals surface area contributed by atoms with E-state index in [0.29, 0.717) is 0 Å². The lowest BCUT2D eigenvalue weighted by Gasteiger charge is -2.24. The van der Waals surface area contributed by atoms with Crippen molar-refractivity contribution >= 4 is 15.4 Å². The average molecular weight is 314 g/mol. The van der Waals surface area contributed by atoms with E-state index in [2.05, 4.69) is 0 Å². The van der Waals surface area contributed by atoms with Crippen LogP contribution < -0.4 is 0 Å². The van der Waals surface area contributed by atoms with Crippen molar-refractivity contribution in [2.75, 3.05) is 13.2 Å². The van der Waals surface area contributed by atoms with Gasteiger partial charge in [-0.3, -0.25) is 4.57 Å². The van der Waals surface area contributed by atoms with E-state index in [1.807, 2.05) is 0 Å². The van der Waals surface area contributed by atoms with E-state index in [9.17, 15) is 18.5 Å². The fraction of sp³-hybridized carbons (Fsp3) is 1.00. The van der Waals surface area contributed by atoms with Gasteiger partial charge in [-0.1, -0.05) is 0 Å². The third kappa shape index (κ3) is 3.60. The van der Waals surface area contributed by atoms with Crippen LogP contribution in [0.3, 0.4) is 0 Å². The van der Waals surface area contributed by atoms with Crippen LogP contribution in [0.4, 0.5) is 8.78 Å². The Bertz CT molecular complexity index is 361. The van der Waals surface area contributed by atoms with Gasteiger partial charge in [-0.05, 0) is 20.8 Å². The topological polar surface area (TPSA) is 65.0 Å². The highest BCUT2D eigenvalue weighted by atomic mass is 31.2. The second-order valence-electron chi connectivity index (χ2n) is 4.96. The maximum Gasteiger partial charge on any atom is 0.364 e. The summed E-state index contributed by atoms with van der Waals surface area (Å²) in [5.41, 5.74) is -1.97. The number of aliphatic hydroxyl groups is 1. The zero-order valence-electron chi connectivity index (χ0n) is 12.2.